The molecule has 118 valence electrons. The van der Waals surface area contributed by atoms with Gasteiger partial charge in [-0.1, -0.05) is 6.42 Å². The summed E-state index contributed by atoms with van der Waals surface area (Å²) in [5.41, 5.74) is 0. The number of hydrogen-bond acceptors (Lipinski definition) is 3. The van der Waals surface area contributed by atoms with E-state index in [0.29, 0.717) is 18.5 Å². The molecule has 2 amide bonds. The van der Waals surface area contributed by atoms with E-state index in [1.165, 1.54) is 19.3 Å². The van der Waals surface area contributed by atoms with E-state index in [0.717, 1.165) is 30.9 Å². The zero-order valence-electron chi connectivity index (χ0n) is 12.4. The van der Waals surface area contributed by atoms with Crippen LogP contribution < -0.4 is 0 Å². The van der Waals surface area contributed by atoms with Gasteiger partial charge < -0.3 is 14.9 Å². The van der Waals surface area contributed by atoms with Crippen LogP contribution in [-0.4, -0.2) is 63.6 Å². The number of carbonyl (C=O) groups is 2. The second-order valence-corrected chi connectivity index (χ2v) is 7.55. The van der Waals surface area contributed by atoms with E-state index in [-0.39, 0.29) is 18.5 Å². The summed E-state index contributed by atoms with van der Waals surface area (Å²) in [5.74, 6) is 1.54. The molecule has 2 saturated heterocycles. The van der Waals surface area contributed by atoms with E-state index in [1.54, 1.807) is 11.8 Å². The summed E-state index contributed by atoms with van der Waals surface area (Å²) in [6.45, 7) is 1.54. The molecule has 3 rings (SSSR count). The molecule has 3 aliphatic rings. The lowest BCUT2D eigenvalue weighted by atomic mass is 9.92. The smallest absolute Gasteiger partial charge is 0.320 e. The van der Waals surface area contributed by atoms with Crippen LogP contribution in [0.3, 0.4) is 0 Å². The number of carboxylic acid groups (broad SMARTS) is 1. The fraction of sp³-hybridized carbons (Fsp3) is 0.867. The summed E-state index contributed by atoms with van der Waals surface area (Å²) in [5, 5.41) is 9.07. The lowest BCUT2D eigenvalue weighted by Gasteiger charge is -2.43. The van der Waals surface area contributed by atoms with Crippen molar-refractivity contribution in [2.75, 3.05) is 24.6 Å². The number of carboxylic acids is 1. The molecule has 0 aromatic carbocycles. The number of aliphatic carboxylic acids is 1. The zero-order valence-corrected chi connectivity index (χ0v) is 13.2. The minimum absolute atomic E-state index is 0.0701. The number of piperidine rings is 1. The molecular weight excluding hydrogens is 288 g/mol. The maximum Gasteiger partial charge on any atom is 0.320 e. The largest absolute Gasteiger partial charge is 0.481 e. The standard InChI is InChI=1S/C15H24N2O3S/c18-14(19)9-12-10-21-8-7-16(12)15(20)17-6-2-4-11-3-1-5-13(11)17/h11-13H,1-10H2,(H,18,19). The SMILES string of the molecule is O=C(O)CC1CSCCN1C(=O)N1CCCC2CCCC21. The molecule has 0 spiro atoms. The summed E-state index contributed by atoms with van der Waals surface area (Å²) in [7, 11) is 0. The van der Waals surface area contributed by atoms with Gasteiger partial charge in [0.05, 0.1) is 12.5 Å². The predicted octanol–water partition coefficient (Wildman–Crippen LogP) is 2.26. The molecule has 2 heterocycles. The molecule has 0 radical (unpaired) electrons. The fourth-order valence-corrected chi connectivity index (χ4v) is 5.20. The monoisotopic (exact) mass is 312 g/mol. The molecule has 5 nitrogen and oxygen atoms in total. The lowest BCUT2D eigenvalue weighted by molar-refractivity contribution is -0.138. The molecule has 1 N–H and O–H groups in total. The van der Waals surface area contributed by atoms with Crippen LogP contribution in [0.15, 0.2) is 0 Å². The predicted molar refractivity (Wildman–Crippen MR) is 82.5 cm³/mol. The molecular formula is C15H24N2O3S. The van der Waals surface area contributed by atoms with E-state index >= 15 is 0 Å². The highest BCUT2D eigenvalue weighted by Gasteiger charge is 2.40. The molecule has 1 saturated carbocycles. The summed E-state index contributed by atoms with van der Waals surface area (Å²) >= 11 is 1.76. The van der Waals surface area contributed by atoms with Gasteiger partial charge in [-0.05, 0) is 31.6 Å². The second kappa shape index (κ2) is 6.46. The molecule has 3 atom stereocenters. The Morgan fingerprint density at radius 2 is 1.90 bits per heavy atom. The van der Waals surface area contributed by atoms with Gasteiger partial charge in [-0.3, -0.25) is 4.79 Å². The van der Waals surface area contributed by atoms with E-state index in [2.05, 4.69) is 4.90 Å². The van der Waals surface area contributed by atoms with E-state index in [4.69, 9.17) is 5.11 Å². The third-order valence-electron chi connectivity index (χ3n) is 5.12. The molecule has 6 heteroatoms. The molecule has 3 unspecified atom stereocenters. The Hall–Kier alpha value is -0.910. The number of rotatable bonds is 2. The first-order valence-corrected chi connectivity index (χ1v) is 9.19. The van der Waals surface area contributed by atoms with Gasteiger partial charge >= 0.3 is 12.0 Å². The number of thioether (sulfide) groups is 1. The van der Waals surface area contributed by atoms with Gasteiger partial charge in [0, 0.05) is 30.6 Å². The molecule has 21 heavy (non-hydrogen) atoms. The van der Waals surface area contributed by atoms with Gasteiger partial charge in [-0.25, -0.2) is 4.79 Å². The summed E-state index contributed by atoms with van der Waals surface area (Å²) in [4.78, 5) is 27.9. The third kappa shape index (κ3) is 3.15. The van der Waals surface area contributed by atoms with Crippen molar-refractivity contribution in [2.45, 2.75) is 50.6 Å². The topological polar surface area (TPSA) is 60.9 Å². The van der Waals surface area contributed by atoms with Crippen LogP contribution in [0.4, 0.5) is 4.79 Å². The Bertz CT molecular complexity index is 418. The number of nitrogens with zero attached hydrogens (tertiary/aromatic N) is 2. The fourth-order valence-electron chi connectivity index (χ4n) is 4.13. The van der Waals surface area contributed by atoms with Crippen LogP contribution in [0.2, 0.25) is 0 Å². The van der Waals surface area contributed by atoms with E-state index in [9.17, 15) is 9.59 Å². The number of fused-ring (bicyclic) bond motifs is 1. The Morgan fingerprint density at radius 1 is 1.10 bits per heavy atom. The lowest BCUT2D eigenvalue weighted by Crippen LogP contribution is -2.57. The van der Waals surface area contributed by atoms with Crippen molar-refractivity contribution in [2.24, 2.45) is 5.92 Å². The highest BCUT2D eigenvalue weighted by atomic mass is 32.2. The molecule has 0 aromatic rings. The van der Waals surface area contributed by atoms with Crippen LogP contribution in [-0.2, 0) is 4.79 Å². The highest BCUT2D eigenvalue weighted by Crippen LogP contribution is 2.37. The Labute approximate surface area is 130 Å². The average molecular weight is 312 g/mol. The van der Waals surface area contributed by atoms with Crippen molar-refractivity contribution in [3.05, 3.63) is 0 Å². The van der Waals surface area contributed by atoms with Gasteiger partial charge in [0.15, 0.2) is 0 Å². The maximum atomic E-state index is 12.9. The van der Waals surface area contributed by atoms with Crippen LogP contribution in [0.5, 0.6) is 0 Å². The highest BCUT2D eigenvalue weighted by molar-refractivity contribution is 7.99. The van der Waals surface area contributed by atoms with E-state index in [1.807, 2.05) is 4.90 Å². The van der Waals surface area contributed by atoms with Crippen molar-refractivity contribution in [1.29, 1.82) is 0 Å². The van der Waals surface area contributed by atoms with Crippen molar-refractivity contribution in [1.82, 2.24) is 9.80 Å². The molecule has 1 aliphatic carbocycles. The number of urea groups is 1. The first-order valence-electron chi connectivity index (χ1n) is 8.03. The number of amides is 2. The average Bonchev–Trinajstić information content (AvgIpc) is 2.95. The molecule has 0 bridgehead atoms. The van der Waals surface area contributed by atoms with Gasteiger partial charge in [0.25, 0.3) is 0 Å². The van der Waals surface area contributed by atoms with Crippen molar-refractivity contribution < 1.29 is 14.7 Å². The first kappa shape index (κ1) is 15.0. The number of likely N-dealkylation sites (tertiary alicyclic amines) is 1. The summed E-state index contributed by atoms with van der Waals surface area (Å²) < 4.78 is 0. The third-order valence-corrected chi connectivity index (χ3v) is 6.21. The van der Waals surface area contributed by atoms with Crippen LogP contribution in [0.1, 0.15) is 38.5 Å². The number of hydrogen-bond donors (Lipinski definition) is 1. The summed E-state index contributed by atoms with van der Waals surface area (Å²) in [6.07, 6.45) is 6.03. The van der Waals surface area contributed by atoms with E-state index < -0.39 is 5.97 Å². The molecule has 2 aliphatic heterocycles. The second-order valence-electron chi connectivity index (χ2n) is 6.40. The van der Waals surface area contributed by atoms with Gasteiger partial charge in [-0.15, -0.1) is 0 Å². The minimum atomic E-state index is -0.808. The Balaban J connectivity index is 1.71. The normalized spacial score (nSPS) is 32.9. The summed E-state index contributed by atoms with van der Waals surface area (Å²) in [6, 6.07) is 0.361. The van der Waals surface area contributed by atoms with Gasteiger partial charge in [0.1, 0.15) is 0 Å². The van der Waals surface area contributed by atoms with Gasteiger partial charge in [0.2, 0.25) is 0 Å². The van der Waals surface area contributed by atoms with Crippen molar-refractivity contribution >= 4 is 23.8 Å². The Kier molecular flexibility index (Phi) is 4.62. The zero-order chi connectivity index (χ0) is 14.8. The van der Waals surface area contributed by atoms with Crippen LogP contribution in [0.25, 0.3) is 0 Å². The Morgan fingerprint density at radius 3 is 2.71 bits per heavy atom. The van der Waals surface area contributed by atoms with Gasteiger partial charge in [-0.2, -0.15) is 11.8 Å². The quantitative estimate of drug-likeness (QED) is 0.849. The number of carbonyl (C=O) groups excluding carboxylic acids is 1. The van der Waals surface area contributed by atoms with Crippen LogP contribution in [0, 0.1) is 5.92 Å². The maximum absolute atomic E-state index is 12.9. The van der Waals surface area contributed by atoms with Crippen LogP contribution >= 0.6 is 11.8 Å². The van der Waals surface area contributed by atoms with Crippen molar-refractivity contribution in [3.63, 3.8) is 0 Å². The minimum Gasteiger partial charge on any atom is -0.481 e. The molecule has 0 aromatic heterocycles. The molecule has 3 fully saturated rings. The first-order chi connectivity index (χ1) is 10.2. The van der Waals surface area contributed by atoms with Crippen molar-refractivity contribution in [3.8, 4) is 0 Å².